The Morgan fingerprint density at radius 2 is 2.29 bits per heavy atom. The van der Waals surface area contributed by atoms with Gasteiger partial charge in [0.15, 0.2) is 0 Å². The van der Waals surface area contributed by atoms with Crippen LogP contribution >= 0.6 is 0 Å². The second-order valence-electron chi connectivity index (χ2n) is 1.85. The van der Waals surface area contributed by atoms with Gasteiger partial charge in [-0.1, -0.05) is 12.2 Å². The highest BCUT2D eigenvalue weighted by atomic mass is 16.3. The van der Waals surface area contributed by atoms with Gasteiger partial charge in [0, 0.05) is 6.04 Å². The van der Waals surface area contributed by atoms with Gasteiger partial charge in [0.1, 0.15) is 0 Å². The maximum absolute atomic E-state index is 8.73. The summed E-state index contributed by atoms with van der Waals surface area (Å²) in [6, 6.07) is 0.0926. The average Bonchev–Trinajstić information content (AvgIpc) is 1.87. The molecular weight excluding hydrogens is 90.1 g/mol. The Hall–Kier alpha value is -0.340. The first kappa shape index (κ1) is 4.81. The van der Waals surface area contributed by atoms with Gasteiger partial charge in [0.25, 0.3) is 0 Å². The van der Waals surface area contributed by atoms with E-state index in [1.165, 1.54) is 0 Å². The third kappa shape index (κ3) is 1.01. The predicted octanol–water partition coefficient (Wildman–Crippen LogP) is -0.366. The van der Waals surface area contributed by atoms with Crippen LogP contribution < -0.4 is 5.73 Å². The molecule has 0 saturated heterocycles. The fourth-order valence-corrected chi connectivity index (χ4v) is 0.707. The van der Waals surface area contributed by atoms with E-state index in [4.69, 9.17) is 10.8 Å². The first-order valence-electron chi connectivity index (χ1n) is 2.41. The molecular formula is C5H9NO. The Balaban J connectivity index is 2.42. The van der Waals surface area contributed by atoms with E-state index >= 15 is 0 Å². The van der Waals surface area contributed by atoms with E-state index in [0.717, 1.165) is 0 Å². The minimum absolute atomic E-state index is 0.0926. The first-order chi connectivity index (χ1) is 3.29. The van der Waals surface area contributed by atoms with Crippen LogP contribution in [0.25, 0.3) is 0 Å². The molecule has 2 unspecified atom stereocenters. The van der Waals surface area contributed by atoms with Crippen LogP contribution in [-0.4, -0.2) is 17.3 Å². The molecule has 40 valence electrons. The minimum Gasteiger partial charge on any atom is -0.389 e. The van der Waals surface area contributed by atoms with Gasteiger partial charge in [-0.15, -0.1) is 0 Å². The van der Waals surface area contributed by atoms with E-state index in [0.29, 0.717) is 6.42 Å². The molecule has 0 spiro atoms. The molecule has 0 radical (unpaired) electrons. The van der Waals surface area contributed by atoms with Gasteiger partial charge >= 0.3 is 0 Å². The van der Waals surface area contributed by atoms with Crippen LogP contribution in [-0.2, 0) is 0 Å². The quantitative estimate of drug-likeness (QED) is 0.407. The van der Waals surface area contributed by atoms with Crippen LogP contribution in [0.3, 0.4) is 0 Å². The minimum atomic E-state index is -0.282. The van der Waals surface area contributed by atoms with Crippen molar-refractivity contribution in [1.29, 1.82) is 0 Å². The zero-order chi connectivity index (χ0) is 5.28. The molecule has 0 aromatic carbocycles. The summed E-state index contributed by atoms with van der Waals surface area (Å²) in [7, 11) is 0. The van der Waals surface area contributed by atoms with Crippen LogP contribution in [0.15, 0.2) is 12.2 Å². The normalized spacial score (nSPS) is 39.7. The summed E-state index contributed by atoms with van der Waals surface area (Å²) in [6.45, 7) is 0. The molecule has 1 rings (SSSR count). The van der Waals surface area contributed by atoms with Gasteiger partial charge < -0.3 is 10.8 Å². The zero-order valence-corrected chi connectivity index (χ0v) is 4.04. The largest absolute Gasteiger partial charge is 0.389 e. The molecule has 2 nitrogen and oxygen atoms in total. The van der Waals surface area contributed by atoms with Gasteiger partial charge in [0.2, 0.25) is 0 Å². The van der Waals surface area contributed by atoms with Crippen molar-refractivity contribution in [3.05, 3.63) is 12.2 Å². The van der Waals surface area contributed by atoms with Crippen LogP contribution in [0.4, 0.5) is 0 Å². The van der Waals surface area contributed by atoms with Crippen molar-refractivity contribution in [2.24, 2.45) is 5.73 Å². The molecule has 0 heterocycles. The van der Waals surface area contributed by atoms with Crippen molar-refractivity contribution < 1.29 is 5.11 Å². The highest BCUT2D eigenvalue weighted by Crippen LogP contribution is 2.06. The van der Waals surface area contributed by atoms with E-state index in [1.807, 2.05) is 6.08 Å². The summed E-state index contributed by atoms with van der Waals surface area (Å²) < 4.78 is 0. The third-order valence-corrected chi connectivity index (χ3v) is 1.09. The Kier molecular flexibility index (Phi) is 1.13. The maximum Gasteiger partial charge on any atom is 0.0739 e. The lowest BCUT2D eigenvalue weighted by atomic mass is 10.2. The third-order valence-electron chi connectivity index (χ3n) is 1.09. The van der Waals surface area contributed by atoms with Crippen LogP contribution in [0.2, 0.25) is 0 Å². The van der Waals surface area contributed by atoms with Gasteiger partial charge in [-0.3, -0.25) is 0 Å². The van der Waals surface area contributed by atoms with Crippen LogP contribution in [0.1, 0.15) is 6.42 Å². The van der Waals surface area contributed by atoms with E-state index in [2.05, 4.69) is 0 Å². The summed E-state index contributed by atoms with van der Waals surface area (Å²) in [4.78, 5) is 0. The number of aliphatic hydroxyl groups is 1. The van der Waals surface area contributed by atoms with Crippen molar-refractivity contribution in [3.63, 3.8) is 0 Å². The van der Waals surface area contributed by atoms with Crippen molar-refractivity contribution in [2.75, 3.05) is 0 Å². The van der Waals surface area contributed by atoms with Crippen LogP contribution in [0.5, 0.6) is 0 Å². The summed E-state index contributed by atoms with van der Waals surface area (Å²) in [6.07, 6.45) is 3.96. The molecule has 0 bridgehead atoms. The summed E-state index contributed by atoms with van der Waals surface area (Å²) >= 11 is 0. The SMILES string of the molecule is NC1C=CC(O)C1. The lowest BCUT2D eigenvalue weighted by Crippen LogP contribution is -2.16. The molecule has 1 aliphatic rings. The topological polar surface area (TPSA) is 46.2 Å². The van der Waals surface area contributed by atoms with Gasteiger partial charge in [-0.05, 0) is 6.42 Å². The average molecular weight is 99.1 g/mol. The molecule has 3 N–H and O–H groups in total. The fraction of sp³-hybridized carbons (Fsp3) is 0.600. The zero-order valence-electron chi connectivity index (χ0n) is 4.04. The van der Waals surface area contributed by atoms with E-state index in [1.54, 1.807) is 6.08 Å². The maximum atomic E-state index is 8.73. The van der Waals surface area contributed by atoms with Crippen LogP contribution in [0, 0.1) is 0 Å². The summed E-state index contributed by atoms with van der Waals surface area (Å²) in [5.74, 6) is 0. The lowest BCUT2D eigenvalue weighted by Gasteiger charge is -1.97. The summed E-state index contributed by atoms with van der Waals surface area (Å²) in [5.41, 5.74) is 5.38. The lowest BCUT2D eigenvalue weighted by molar-refractivity contribution is 0.218. The number of aliphatic hydroxyl groups excluding tert-OH is 1. The van der Waals surface area contributed by atoms with E-state index in [-0.39, 0.29) is 12.1 Å². The Morgan fingerprint density at radius 3 is 2.43 bits per heavy atom. The fourth-order valence-electron chi connectivity index (χ4n) is 0.707. The molecule has 7 heavy (non-hydrogen) atoms. The Labute approximate surface area is 42.6 Å². The molecule has 0 fully saturated rings. The standard InChI is InChI=1S/C5H9NO/c6-4-1-2-5(7)3-4/h1-2,4-5,7H,3,6H2. The Bertz CT molecular complexity index is 80.1. The van der Waals surface area contributed by atoms with E-state index < -0.39 is 0 Å². The highest BCUT2D eigenvalue weighted by molar-refractivity contribution is 5.04. The van der Waals surface area contributed by atoms with Crippen molar-refractivity contribution in [3.8, 4) is 0 Å². The Morgan fingerprint density at radius 1 is 1.57 bits per heavy atom. The summed E-state index contributed by atoms with van der Waals surface area (Å²) in [5, 5.41) is 8.73. The second kappa shape index (κ2) is 1.64. The predicted molar refractivity (Wildman–Crippen MR) is 27.7 cm³/mol. The molecule has 0 saturated carbocycles. The molecule has 1 aliphatic carbocycles. The van der Waals surface area contributed by atoms with E-state index in [9.17, 15) is 0 Å². The molecule has 2 heteroatoms. The highest BCUT2D eigenvalue weighted by Gasteiger charge is 2.10. The smallest absolute Gasteiger partial charge is 0.0739 e. The number of hydrogen-bond donors (Lipinski definition) is 2. The number of hydrogen-bond acceptors (Lipinski definition) is 2. The first-order valence-corrected chi connectivity index (χ1v) is 2.41. The molecule has 0 amide bonds. The second-order valence-corrected chi connectivity index (χ2v) is 1.85. The van der Waals surface area contributed by atoms with Gasteiger partial charge in [0.05, 0.1) is 6.10 Å². The van der Waals surface area contributed by atoms with Crippen molar-refractivity contribution >= 4 is 0 Å². The monoisotopic (exact) mass is 99.1 g/mol. The molecule has 2 atom stereocenters. The number of nitrogens with two attached hydrogens (primary N) is 1. The number of rotatable bonds is 0. The van der Waals surface area contributed by atoms with Crippen molar-refractivity contribution in [2.45, 2.75) is 18.6 Å². The molecule has 0 aromatic rings. The molecule has 0 aliphatic heterocycles. The van der Waals surface area contributed by atoms with Gasteiger partial charge in [-0.25, -0.2) is 0 Å². The molecule has 0 aromatic heterocycles. The van der Waals surface area contributed by atoms with Gasteiger partial charge in [-0.2, -0.15) is 0 Å². The van der Waals surface area contributed by atoms with Crippen molar-refractivity contribution in [1.82, 2.24) is 0 Å².